The van der Waals surface area contributed by atoms with Gasteiger partial charge in [-0.3, -0.25) is 4.98 Å². The Kier molecular flexibility index (Phi) is 5.86. The van der Waals surface area contributed by atoms with Gasteiger partial charge in [0.2, 0.25) is 0 Å². The van der Waals surface area contributed by atoms with E-state index in [0.717, 1.165) is 27.8 Å². The predicted molar refractivity (Wildman–Crippen MR) is 129 cm³/mol. The Labute approximate surface area is 192 Å². The Morgan fingerprint density at radius 1 is 0.576 bits per heavy atom. The molecule has 0 saturated carbocycles. The summed E-state index contributed by atoms with van der Waals surface area (Å²) >= 11 is 0. The van der Waals surface area contributed by atoms with Crippen LogP contribution in [0.2, 0.25) is 0 Å². The minimum atomic E-state index is -0.356. The summed E-state index contributed by atoms with van der Waals surface area (Å²) in [5.74, 6) is 2.39. The molecule has 7 heteroatoms. The van der Waals surface area contributed by atoms with Crippen LogP contribution in [0.5, 0.6) is 5.75 Å². The van der Waals surface area contributed by atoms with Crippen molar-refractivity contribution in [2.75, 3.05) is 0 Å². The highest BCUT2D eigenvalue weighted by molar-refractivity contribution is 6.17. The first-order valence-electron chi connectivity index (χ1n) is 10.5. The number of nitrogens with zero attached hydrogens (tertiary/aromatic N) is 4. The fourth-order valence-electron chi connectivity index (χ4n) is 3.50. The molecule has 158 valence electrons. The van der Waals surface area contributed by atoms with E-state index in [1.807, 2.05) is 91.0 Å². The van der Waals surface area contributed by atoms with Gasteiger partial charge in [-0.15, -0.1) is 0 Å². The molecule has 3 aromatic carbocycles. The summed E-state index contributed by atoms with van der Waals surface area (Å²) < 4.78 is 5.19. The van der Waals surface area contributed by atoms with Crippen molar-refractivity contribution >= 4 is 7.69 Å². The van der Waals surface area contributed by atoms with Crippen LogP contribution in [-0.2, 0) is 0 Å². The van der Waals surface area contributed by atoms with Crippen molar-refractivity contribution in [3.05, 3.63) is 103 Å². The fraction of sp³-hybridized carbons (Fsp3) is 0. The molecule has 0 aliphatic rings. The average molecular weight is 430 g/mol. The zero-order valence-electron chi connectivity index (χ0n) is 17.7. The molecule has 6 nitrogen and oxygen atoms in total. The van der Waals surface area contributed by atoms with Gasteiger partial charge in [0.05, 0.1) is 0 Å². The molecule has 5 aromatic rings. The van der Waals surface area contributed by atoms with E-state index in [2.05, 4.69) is 4.98 Å². The third-order valence-corrected chi connectivity index (χ3v) is 5.13. The van der Waals surface area contributed by atoms with Gasteiger partial charge >= 0.3 is 7.69 Å². The van der Waals surface area contributed by atoms with Crippen molar-refractivity contribution in [3.8, 4) is 51.0 Å². The van der Waals surface area contributed by atoms with Gasteiger partial charge in [0.15, 0.2) is 17.5 Å². The van der Waals surface area contributed by atoms with E-state index in [1.54, 1.807) is 12.4 Å². The van der Waals surface area contributed by atoms with Crippen molar-refractivity contribution < 1.29 is 9.68 Å². The van der Waals surface area contributed by atoms with Crippen LogP contribution in [0.15, 0.2) is 103 Å². The number of hydrogen-bond acceptors (Lipinski definition) is 6. The molecular formula is C26H19BN4O2. The van der Waals surface area contributed by atoms with Crippen LogP contribution in [0, 0.1) is 0 Å². The first-order valence-corrected chi connectivity index (χ1v) is 10.5. The number of pyridine rings is 1. The molecule has 0 unspecified atom stereocenters. The van der Waals surface area contributed by atoms with Gasteiger partial charge < -0.3 is 9.68 Å². The summed E-state index contributed by atoms with van der Waals surface area (Å²) in [6, 6.07) is 29.3. The maximum atomic E-state index is 9.01. The molecule has 2 heterocycles. The van der Waals surface area contributed by atoms with Crippen molar-refractivity contribution in [3.63, 3.8) is 0 Å². The Hall–Kier alpha value is -4.36. The fourth-order valence-corrected chi connectivity index (χ4v) is 3.50. The molecule has 0 fully saturated rings. The average Bonchev–Trinajstić information content (AvgIpc) is 2.90. The van der Waals surface area contributed by atoms with E-state index >= 15 is 0 Å². The quantitative estimate of drug-likeness (QED) is 0.398. The first kappa shape index (κ1) is 20.5. The van der Waals surface area contributed by atoms with E-state index in [1.165, 1.54) is 0 Å². The van der Waals surface area contributed by atoms with Crippen molar-refractivity contribution in [1.29, 1.82) is 0 Å². The number of aromatic nitrogens is 4. The van der Waals surface area contributed by atoms with Crippen molar-refractivity contribution in [2.45, 2.75) is 0 Å². The van der Waals surface area contributed by atoms with Gasteiger partial charge in [-0.25, -0.2) is 15.0 Å². The Morgan fingerprint density at radius 2 is 1.18 bits per heavy atom. The lowest BCUT2D eigenvalue weighted by molar-refractivity contribution is 0.454. The predicted octanol–water partition coefficient (Wildman–Crippen LogP) is 4.57. The summed E-state index contributed by atoms with van der Waals surface area (Å²) in [5.41, 5.74) is 4.64. The second-order valence-corrected chi connectivity index (χ2v) is 7.29. The second-order valence-electron chi connectivity index (χ2n) is 7.29. The molecule has 2 aromatic heterocycles. The largest absolute Gasteiger partial charge is 0.539 e. The molecule has 0 spiro atoms. The van der Waals surface area contributed by atoms with Crippen LogP contribution >= 0.6 is 0 Å². The number of hydrogen-bond donors (Lipinski definition) is 1. The van der Waals surface area contributed by atoms with E-state index < -0.39 is 0 Å². The normalized spacial score (nSPS) is 10.6. The van der Waals surface area contributed by atoms with Crippen LogP contribution in [0.1, 0.15) is 0 Å². The van der Waals surface area contributed by atoms with E-state index in [4.69, 9.17) is 24.6 Å². The van der Waals surface area contributed by atoms with E-state index in [9.17, 15) is 0 Å². The number of benzene rings is 3. The Morgan fingerprint density at radius 3 is 1.85 bits per heavy atom. The smallest absolute Gasteiger partial charge is 0.504 e. The molecule has 0 saturated heterocycles. The summed E-state index contributed by atoms with van der Waals surface area (Å²) in [6.45, 7) is 0. The van der Waals surface area contributed by atoms with Crippen LogP contribution in [0.3, 0.4) is 0 Å². The lowest BCUT2D eigenvalue weighted by atomic mass is 10.0. The molecule has 0 amide bonds. The second kappa shape index (κ2) is 9.42. The van der Waals surface area contributed by atoms with Gasteiger partial charge in [0.25, 0.3) is 0 Å². The summed E-state index contributed by atoms with van der Waals surface area (Å²) in [6.07, 6.45) is 3.47. The Bertz CT molecular complexity index is 1310. The van der Waals surface area contributed by atoms with Gasteiger partial charge in [0, 0.05) is 29.1 Å². The van der Waals surface area contributed by atoms with Crippen molar-refractivity contribution in [2.24, 2.45) is 0 Å². The highest BCUT2D eigenvalue weighted by Gasteiger charge is 2.12. The van der Waals surface area contributed by atoms with Crippen LogP contribution < -0.4 is 4.65 Å². The molecule has 5 rings (SSSR count). The highest BCUT2D eigenvalue weighted by atomic mass is 16.5. The monoisotopic (exact) mass is 430 g/mol. The molecule has 33 heavy (non-hydrogen) atoms. The zero-order valence-corrected chi connectivity index (χ0v) is 17.7. The molecule has 0 aliphatic carbocycles. The lowest BCUT2D eigenvalue weighted by Crippen LogP contribution is -2.00. The maximum Gasteiger partial charge on any atom is 0.504 e. The third kappa shape index (κ3) is 4.63. The summed E-state index contributed by atoms with van der Waals surface area (Å²) in [4.78, 5) is 18.4. The van der Waals surface area contributed by atoms with Crippen LogP contribution in [0.4, 0.5) is 0 Å². The lowest BCUT2D eigenvalue weighted by Gasteiger charge is -2.09. The molecular weight excluding hydrogens is 411 g/mol. The molecule has 0 atom stereocenters. The minimum absolute atomic E-state index is 0.356. The van der Waals surface area contributed by atoms with Crippen LogP contribution in [0.25, 0.3) is 45.3 Å². The zero-order chi connectivity index (χ0) is 22.5. The molecule has 1 N–H and O–H groups in total. The van der Waals surface area contributed by atoms with Gasteiger partial charge in [-0.1, -0.05) is 66.7 Å². The molecule has 0 bridgehead atoms. The van der Waals surface area contributed by atoms with E-state index in [-0.39, 0.29) is 7.69 Å². The first-order chi connectivity index (χ1) is 16.3. The Balaban J connectivity index is 1.55. The summed E-state index contributed by atoms with van der Waals surface area (Å²) in [7, 11) is -0.356. The highest BCUT2D eigenvalue weighted by Crippen LogP contribution is 2.28. The van der Waals surface area contributed by atoms with Gasteiger partial charge in [0.1, 0.15) is 5.75 Å². The van der Waals surface area contributed by atoms with Crippen molar-refractivity contribution in [1.82, 2.24) is 19.9 Å². The molecule has 0 aliphatic heterocycles. The number of rotatable bonds is 6. The SMILES string of the molecule is OBOc1cccc(-c2ccc(-c3nc(-c4ccccc4)nc(-c4cccnc4)n3)cc2)c1. The molecule has 0 radical (unpaired) electrons. The maximum absolute atomic E-state index is 9.01. The van der Waals surface area contributed by atoms with Gasteiger partial charge in [-0.2, -0.15) is 0 Å². The van der Waals surface area contributed by atoms with Gasteiger partial charge in [-0.05, 0) is 35.4 Å². The summed E-state index contributed by atoms with van der Waals surface area (Å²) in [5, 5.41) is 9.01. The van der Waals surface area contributed by atoms with E-state index in [0.29, 0.717) is 23.2 Å². The standard InChI is InChI=1S/C26H19BN4O2/c32-27-33-23-10-4-8-21(16-23)18-11-13-20(14-12-18)25-29-24(19-6-2-1-3-7-19)30-26(31-25)22-9-5-15-28-17-22/h1-17,27,32H. The van der Waals surface area contributed by atoms with Crippen LogP contribution in [-0.4, -0.2) is 32.6 Å². The topological polar surface area (TPSA) is 81.0 Å². The minimum Gasteiger partial charge on any atom is -0.539 e. The third-order valence-electron chi connectivity index (χ3n) is 5.13.